The molecule has 1 N–H and O–H groups in total. The summed E-state index contributed by atoms with van der Waals surface area (Å²) in [6.07, 6.45) is 4.30. The van der Waals surface area contributed by atoms with Crippen molar-refractivity contribution in [2.24, 2.45) is 17.3 Å². The zero-order valence-corrected chi connectivity index (χ0v) is 16.9. The van der Waals surface area contributed by atoms with Crippen LogP contribution >= 0.6 is 0 Å². The van der Waals surface area contributed by atoms with Gasteiger partial charge in [0.05, 0.1) is 11.3 Å². The maximum atomic E-state index is 12.3. The predicted molar refractivity (Wildman–Crippen MR) is 95.5 cm³/mol. The summed E-state index contributed by atoms with van der Waals surface area (Å²) in [4.78, 5) is 38.7. The van der Waals surface area contributed by atoms with Crippen molar-refractivity contribution in [2.45, 2.75) is 92.6 Å². The lowest BCUT2D eigenvalue weighted by Gasteiger charge is -2.35. The minimum Gasteiger partial charge on any atom is -0.300 e. The van der Waals surface area contributed by atoms with E-state index >= 15 is 0 Å². The third kappa shape index (κ3) is 8.68. The molecule has 6 heteroatoms. The summed E-state index contributed by atoms with van der Waals surface area (Å²) < 4.78 is 0. The second-order valence-corrected chi connectivity index (χ2v) is 8.22. The fraction of sp³-hybridized carbons (Fsp3) is 0.895. The zero-order chi connectivity index (χ0) is 19.7. The molecule has 0 fully saturated rings. The van der Waals surface area contributed by atoms with Crippen LogP contribution in [0, 0.1) is 17.3 Å². The minimum atomic E-state index is -0.975. The Kier molecular flexibility index (Phi) is 10.3. The number of rotatable bonds is 12. The fourth-order valence-corrected chi connectivity index (χ4v) is 3.28. The van der Waals surface area contributed by atoms with E-state index < -0.39 is 17.0 Å². The van der Waals surface area contributed by atoms with Gasteiger partial charge in [-0.15, -0.1) is 0 Å². The lowest BCUT2D eigenvalue weighted by atomic mass is 9.78. The van der Waals surface area contributed by atoms with Crippen molar-refractivity contribution in [3.05, 3.63) is 0 Å². The summed E-state index contributed by atoms with van der Waals surface area (Å²) in [5.74, 6) is -1.02. The summed E-state index contributed by atoms with van der Waals surface area (Å²) in [6, 6.07) is 0. The Hall–Kier alpha value is -1.14. The average Bonchev–Trinajstić information content (AvgIpc) is 2.51. The molecule has 0 bridgehead atoms. The van der Waals surface area contributed by atoms with Gasteiger partial charge in [0.25, 0.3) is 0 Å². The molecular formula is C19H36O6. The second-order valence-electron chi connectivity index (χ2n) is 8.22. The number of hydrogen-bond donors (Lipinski definition) is 1. The molecule has 2 atom stereocenters. The average molecular weight is 360 g/mol. The molecule has 2 unspecified atom stereocenters. The van der Waals surface area contributed by atoms with Crippen LogP contribution in [0.3, 0.4) is 0 Å². The fourth-order valence-electron chi connectivity index (χ4n) is 3.28. The largest absolute Gasteiger partial charge is 0.347 e. The second kappa shape index (κ2) is 10.8. The molecule has 0 spiro atoms. The molecule has 0 saturated heterocycles. The maximum Gasteiger partial charge on any atom is 0.347 e. The first-order chi connectivity index (χ1) is 11.5. The van der Waals surface area contributed by atoms with Crippen LogP contribution in [0.25, 0.3) is 0 Å². The van der Waals surface area contributed by atoms with Crippen molar-refractivity contribution < 1.29 is 29.5 Å². The van der Waals surface area contributed by atoms with Gasteiger partial charge in [-0.05, 0) is 52.4 Å². The first-order valence-corrected chi connectivity index (χ1v) is 9.26. The van der Waals surface area contributed by atoms with E-state index in [1.54, 1.807) is 20.8 Å². The highest BCUT2D eigenvalue weighted by molar-refractivity contribution is 5.75. The first-order valence-electron chi connectivity index (χ1n) is 9.26. The molecule has 0 aliphatic heterocycles. The van der Waals surface area contributed by atoms with E-state index in [1.807, 2.05) is 20.8 Å². The van der Waals surface area contributed by atoms with E-state index in [2.05, 4.69) is 11.8 Å². The van der Waals surface area contributed by atoms with Gasteiger partial charge < -0.3 is 4.89 Å². The smallest absolute Gasteiger partial charge is 0.300 e. The molecular weight excluding hydrogens is 324 g/mol. The minimum absolute atomic E-state index is 0.182. The molecule has 0 aliphatic rings. The van der Waals surface area contributed by atoms with Crippen LogP contribution in [0.5, 0.6) is 0 Å². The number of carbonyl (C=O) groups is 2. The van der Waals surface area contributed by atoms with Gasteiger partial charge in [0, 0.05) is 0 Å². The lowest BCUT2D eigenvalue weighted by Crippen LogP contribution is -2.41. The first kappa shape index (κ1) is 23.9. The molecule has 0 heterocycles. The van der Waals surface area contributed by atoms with E-state index in [9.17, 15) is 9.59 Å². The Morgan fingerprint density at radius 1 is 1.12 bits per heavy atom. The SMILES string of the molecule is CCCCC(CC)C(=O)OOC(C)(CC(C)C)CC(C)(C)C(=O)OO. The molecule has 6 nitrogen and oxygen atoms in total. The van der Waals surface area contributed by atoms with Crippen LogP contribution in [0.4, 0.5) is 0 Å². The van der Waals surface area contributed by atoms with Crippen LogP contribution < -0.4 is 0 Å². The van der Waals surface area contributed by atoms with Crippen molar-refractivity contribution in [1.82, 2.24) is 0 Å². The molecule has 0 aromatic rings. The van der Waals surface area contributed by atoms with Gasteiger partial charge in [-0.1, -0.05) is 40.5 Å². The van der Waals surface area contributed by atoms with Gasteiger partial charge in [0.1, 0.15) is 5.60 Å². The van der Waals surface area contributed by atoms with Gasteiger partial charge in [-0.2, -0.15) is 10.1 Å². The quantitative estimate of drug-likeness (QED) is 0.393. The highest BCUT2D eigenvalue weighted by Crippen LogP contribution is 2.36. The van der Waals surface area contributed by atoms with Crippen LogP contribution in [0.1, 0.15) is 87.0 Å². The van der Waals surface area contributed by atoms with Gasteiger partial charge in [-0.3, -0.25) is 4.89 Å². The molecule has 0 aliphatic carbocycles. The summed E-state index contributed by atoms with van der Waals surface area (Å²) in [7, 11) is 0. The Morgan fingerprint density at radius 3 is 2.16 bits per heavy atom. The van der Waals surface area contributed by atoms with E-state index in [1.165, 1.54) is 0 Å². The molecule has 148 valence electrons. The van der Waals surface area contributed by atoms with Crippen molar-refractivity contribution in [1.29, 1.82) is 0 Å². The summed E-state index contributed by atoms with van der Waals surface area (Å²) in [5.41, 5.74) is -1.83. The molecule has 0 aromatic carbocycles. The zero-order valence-electron chi connectivity index (χ0n) is 16.9. The molecule has 0 saturated carbocycles. The maximum absolute atomic E-state index is 12.3. The highest BCUT2D eigenvalue weighted by Gasteiger charge is 2.42. The van der Waals surface area contributed by atoms with Crippen LogP contribution in [-0.4, -0.2) is 22.8 Å². The lowest BCUT2D eigenvalue weighted by molar-refractivity contribution is -0.341. The standard InChI is InChI=1S/C19H36O6/c1-8-10-11-15(9-2)16(20)24-25-19(7,12-14(3)4)13-18(5,6)17(21)23-22/h14-15,22H,8-13H2,1-7H3. The molecule has 0 amide bonds. The van der Waals surface area contributed by atoms with Crippen molar-refractivity contribution in [3.63, 3.8) is 0 Å². The molecule has 25 heavy (non-hydrogen) atoms. The number of carbonyl (C=O) groups excluding carboxylic acids is 2. The van der Waals surface area contributed by atoms with Crippen LogP contribution in [0.15, 0.2) is 0 Å². The van der Waals surface area contributed by atoms with Gasteiger partial charge in [0.15, 0.2) is 0 Å². The Balaban J connectivity index is 5.03. The normalized spacial score (nSPS) is 15.6. The van der Waals surface area contributed by atoms with E-state index in [-0.39, 0.29) is 24.2 Å². The molecule has 0 rings (SSSR count). The Bertz CT molecular complexity index is 418. The van der Waals surface area contributed by atoms with Gasteiger partial charge >= 0.3 is 11.9 Å². The summed E-state index contributed by atoms with van der Waals surface area (Å²) >= 11 is 0. The highest BCUT2D eigenvalue weighted by atomic mass is 17.2. The van der Waals surface area contributed by atoms with E-state index in [0.717, 1.165) is 19.3 Å². The van der Waals surface area contributed by atoms with Crippen LogP contribution in [-0.2, 0) is 24.3 Å². The van der Waals surface area contributed by atoms with Crippen LogP contribution in [0.2, 0.25) is 0 Å². The van der Waals surface area contributed by atoms with Gasteiger partial charge in [-0.25, -0.2) is 9.59 Å². The van der Waals surface area contributed by atoms with Crippen molar-refractivity contribution >= 4 is 11.9 Å². The van der Waals surface area contributed by atoms with Gasteiger partial charge in [0.2, 0.25) is 0 Å². The number of unbranched alkanes of at least 4 members (excludes halogenated alkanes) is 1. The third-order valence-electron chi connectivity index (χ3n) is 4.35. The van der Waals surface area contributed by atoms with E-state index in [4.69, 9.17) is 15.0 Å². The Labute approximate surface area is 152 Å². The Morgan fingerprint density at radius 2 is 1.72 bits per heavy atom. The van der Waals surface area contributed by atoms with Crippen molar-refractivity contribution in [2.75, 3.05) is 0 Å². The molecule has 0 radical (unpaired) electrons. The topological polar surface area (TPSA) is 82.1 Å². The molecule has 0 aromatic heterocycles. The van der Waals surface area contributed by atoms with Crippen molar-refractivity contribution in [3.8, 4) is 0 Å². The van der Waals surface area contributed by atoms with E-state index in [0.29, 0.717) is 12.8 Å². The summed E-state index contributed by atoms with van der Waals surface area (Å²) in [6.45, 7) is 13.2. The predicted octanol–water partition coefficient (Wildman–Crippen LogP) is 4.91. The number of hydrogen-bond acceptors (Lipinski definition) is 6. The summed E-state index contributed by atoms with van der Waals surface area (Å²) in [5, 5.41) is 8.68. The monoisotopic (exact) mass is 360 g/mol. The third-order valence-corrected chi connectivity index (χ3v) is 4.35.